The first-order valence-electron chi connectivity index (χ1n) is 8.10. The molecule has 0 aliphatic carbocycles. The Labute approximate surface area is 175 Å². The third kappa shape index (κ3) is 4.38. The van der Waals surface area contributed by atoms with Gasteiger partial charge < -0.3 is 14.6 Å². The number of methoxy groups -OCH3 is 1. The molecule has 0 atom stereocenters. The molecule has 146 valence electrons. The van der Waals surface area contributed by atoms with Crippen LogP contribution in [0.1, 0.15) is 5.56 Å². The van der Waals surface area contributed by atoms with Crippen LogP contribution >= 0.6 is 35.0 Å². The van der Waals surface area contributed by atoms with Crippen LogP contribution in [0.25, 0.3) is 6.08 Å². The minimum Gasteiger partial charge on any atom is -0.506 e. The van der Waals surface area contributed by atoms with Gasteiger partial charge in [0.25, 0.3) is 11.1 Å². The van der Waals surface area contributed by atoms with Gasteiger partial charge in [-0.2, -0.15) is 0 Å². The van der Waals surface area contributed by atoms with Crippen LogP contribution in [0.5, 0.6) is 17.2 Å². The topological polar surface area (TPSA) is 76.1 Å². The lowest BCUT2D eigenvalue weighted by Crippen LogP contribution is -2.32. The molecule has 0 saturated carbocycles. The molecule has 1 heterocycles. The summed E-state index contributed by atoms with van der Waals surface area (Å²) < 4.78 is 10.8. The summed E-state index contributed by atoms with van der Waals surface area (Å²) in [6, 6.07) is 9.94. The third-order valence-electron chi connectivity index (χ3n) is 3.86. The number of hydrogen-bond acceptors (Lipinski definition) is 6. The molecule has 6 nitrogen and oxygen atoms in total. The Kier molecular flexibility index (Phi) is 6.39. The molecule has 3 rings (SSSR count). The van der Waals surface area contributed by atoms with E-state index in [-0.39, 0.29) is 34.4 Å². The van der Waals surface area contributed by atoms with Crippen LogP contribution < -0.4 is 9.47 Å². The standard InChI is InChI=1S/C19H15Cl2NO5S/c1-26-14-4-2-3-5-15(14)27-7-6-22-18(24)16(28-19(22)25)9-11-8-12(20)10-13(21)17(11)23/h2-5,8-10,23H,6-7H2,1H3/b16-9-. The first-order valence-corrected chi connectivity index (χ1v) is 9.67. The fourth-order valence-electron chi connectivity index (χ4n) is 2.51. The Hall–Kier alpha value is -2.35. The molecule has 2 aromatic carbocycles. The van der Waals surface area contributed by atoms with Crippen LogP contribution in [0, 0.1) is 0 Å². The lowest BCUT2D eigenvalue weighted by Gasteiger charge is -2.14. The number of ether oxygens (including phenoxy) is 2. The summed E-state index contributed by atoms with van der Waals surface area (Å²) in [7, 11) is 1.53. The van der Waals surface area contributed by atoms with Crippen LogP contribution in [0.3, 0.4) is 0 Å². The molecule has 1 fully saturated rings. The van der Waals surface area contributed by atoms with Gasteiger partial charge in [-0.05, 0) is 42.1 Å². The Balaban J connectivity index is 1.70. The smallest absolute Gasteiger partial charge is 0.293 e. The van der Waals surface area contributed by atoms with Crippen molar-refractivity contribution >= 4 is 52.2 Å². The molecule has 1 saturated heterocycles. The zero-order chi connectivity index (χ0) is 20.3. The van der Waals surface area contributed by atoms with Crippen LogP contribution in [0.4, 0.5) is 4.79 Å². The van der Waals surface area contributed by atoms with Gasteiger partial charge in [-0.15, -0.1) is 0 Å². The number of imide groups is 1. The molecule has 1 aliphatic heterocycles. The van der Waals surface area contributed by atoms with Crippen molar-refractivity contribution in [1.82, 2.24) is 4.90 Å². The number of halogens is 2. The summed E-state index contributed by atoms with van der Waals surface area (Å²) in [6.07, 6.45) is 1.39. The molecule has 0 bridgehead atoms. The van der Waals surface area contributed by atoms with Gasteiger partial charge in [-0.25, -0.2) is 0 Å². The van der Waals surface area contributed by atoms with Crippen molar-refractivity contribution in [3.63, 3.8) is 0 Å². The zero-order valence-electron chi connectivity index (χ0n) is 14.6. The van der Waals surface area contributed by atoms with E-state index in [9.17, 15) is 14.7 Å². The number of para-hydroxylation sites is 2. The van der Waals surface area contributed by atoms with Gasteiger partial charge in [0, 0.05) is 10.6 Å². The van der Waals surface area contributed by atoms with E-state index >= 15 is 0 Å². The van der Waals surface area contributed by atoms with Crippen molar-refractivity contribution in [2.24, 2.45) is 0 Å². The Bertz CT molecular complexity index is 963. The number of amides is 2. The number of carbonyl (C=O) groups excluding carboxylic acids is 2. The largest absolute Gasteiger partial charge is 0.506 e. The summed E-state index contributed by atoms with van der Waals surface area (Å²) in [6.45, 7) is 0.183. The van der Waals surface area contributed by atoms with E-state index in [4.69, 9.17) is 32.7 Å². The number of nitrogens with zero attached hydrogens (tertiary/aromatic N) is 1. The minimum absolute atomic E-state index is 0.0585. The predicted molar refractivity (Wildman–Crippen MR) is 109 cm³/mol. The lowest BCUT2D eigenvalue weighted by atomic mass is 10.2. The molecule has 1 N–H and O–H groups in total. The van der Waals surface area contributed by atoms with Gasteiger partial charge in [0.2, 0.25) is 0 Å². The molecule has 9 heteroatoms. The quantitative estimate of drug-likeness (QED) is 0.649. The Morgan fingerprint density at radius 2 is 1.89 bits per heavy atom. The van der Waals surface area contributed by atoms with Crippen LogP contribution in [0.2, 0.25) is 10.0 Å². The summed E-state index contributed by atoms with van der Waals surface area (Å²) in [5, 5.41) is 9.97. The number of hydrogen-bond donors (Lipinski definition) is 1. The van der Waals surface area contributed by atoms with Crippen LogP contribution in [-0.4, -0.2) is 41.4 Å². The second-order valence-corrected chi connectivity index (χ2v) is 7.49. The van der Waals surface area contributed by atoms with E-state index in [2.05, 4.69) is 0 Å². The summed E-state index contributed by atoms with van der Waals surface area (Å²) in [5.41, 5.74) is 0.258. The minimum atomic E-state index is -0.478. The van der Waals surface area contributed by atoms with Gasteiger partial charge >= 0.3 is 0 Å². The maximum Gasteiger partial charge on any atom is 0.293 e. The predicted octanol–water partition coefficient (Wildman–Crippen LogP) is 4.82. The van der Waals surface area contributed by atoms with E-state index in [0.717, 1.165) is 16.7 Å². The van der Waals surface area contributed by atoms with E-state index in [0.29, 0.717) is 16.5 Å². The van der Waals surface area contributed by atoms with Gasteiger partial charge in [0.15, 0.2) is 11.5 Å². The van der Waals surface area contributed by atoms with Gasteiger partial charge in [0.1, 0.15) is 12.4 Å². The number of aromatic hydroxyl groups is 1. The molecule has 0 aromatic heterocycles. The molecule has 0 radical (unpaired) electrons. The first-order chi connectivity index (χ1) is 13.4. The normalized spacial score (nSPS) is 15.4. The molecule has 2 aromatic rings. The number of phenolic OH excluding ortho intramolecular Hbond substituents is 1. The van der Waals surface area contributed by atoms with Crippen molar-refractivity contribution in [2.75, 3.05) is 20.3 Å². The van der Waals surface area contributed by atoms with Gasteiger partial charge in [-0.1, -0.05) is 35.3 Å². The summed E-state index contributed by atoms with van der Waals surface area (Å²) in [5.74, 6) is 0.391. The van der Waals surface area contributed by atoms with E-state index in [1.165, 1.54) is 25.3 Å². The first kappa shape index (κ1) is 20.4. The van der Waals surface area contributed by atoms with E-state index in [1.807, 2.05) is 6.07 Å². The highest BCUT2D eigenvalue weighted by Gasteiger charge is 2.35. The lowest BCUT2D eigenvalue weighted by molar-refractivity contribution is -0.123. The van der Waals surface area contributed by atoms with Crippen molar-refractivity contribution in [3.8, 4) is 17.2 Å². The summed E-state index contributed by atoms with van der Waals surface area (Å²) >= 11 is 12.6. The van der Waals surface area contributed by atoms with Gasteiger partial charge in [-0.3, -0.25) is 14.5 Å². The van der Waals surface area contributed by atoms with Crippen molar-refractivity contribution < 1.29 is 24.2 Å². The maximum atomic E-state index is 12.6. The number of rotatable bonds is 6. The maximum absolute atomic E-state index is 12.6. The molecule has 1 aliphatic rings. The molecule has 28 heavy (non-hydrogen) atoms. The summed E-state index contributed by atoms with van der Waals surface area (Å²) in [4.78, 5) is 26.0. The van der Waals surface area contributed by atoms with Crippen LogP contribution in [-0.2, 0) is 4.79 Å². The number of benzene rings is 2. The highest BCUT2D eigenvalue weighted by molar-refractivity contribution is 8.18. The highest BCUT2D eigenvalue weighted by Crippen LogP contribution is 2.37. The average molecular weight is 440 g/mol. The third-order valence-corrected chi connectivity index (χ3v) is 5.27. The second-order valence-electron chi connectivity index (χ2n) is 5.66. The molecular formula is C19H15Cl2NO5S. The monoisotopic (exact) mass is 439 g/mol. The van der Waals surface area contributed by atoms with E-state index in [1.54, 1.807) is 18.2 Å². The SMILES string of the molecule is COc1ccccc1OCCN1C(=O)S/C(=C\c2cc(Cl)cc(Cl)c2O)C1=O. The Morgan fingerprint density at radius 1 is 1.18 bits per heavy atom. The number of carbonyl (C=O) groups is 2. The highest BCUT2D eigenvalue weighted by atomic mass is 35.5. The molecular weight excluding hydrogens is 425 g/mol. The number of thioether (sulfide) groups is 1. The molecule has 2 amide bonds. The number of phenols is 1. The molecule has 0 unspecified atom stereocenters. The zero-order valence-corrected chi connectivity index (χ0v) is 17.0. The molecule has 0 spiro atoms. The average Bonchev–Trinajstić information content (AvgIpc) is 2.93. The van der Waals surface area contributed by atoms with Crippen LogP contribution in [0.15, 0.2) is 41.3 Å². The fourth-order valence-corrected chi connectivity index (χ4v) is 3.88. The van der Waals surface area contributed by atoms with Crippen molar-refractivity contribution in [2.45, 2.75) is 0 Å². The Morgan fingerprint density at radius 3 is 2.61 bits per heavy atom. The fraction of sp³-hybridized carbons (Fsp3) is 0.158. The van der Waals surface area contributed by atoms with Gasteiger partial charge in [0.05, 0.1) is 23.6 Å². The van der Waals surface area contributed by atoms with Crippen molar-refractivity contribution in [1.29, 1.82) is 0 Å². The van der Waals surface area contributed by atoms with Crippen molar-refractivity contribution in [3.05, 3.63) is 56.9 Å². The second kappa shape index (κ2) is 8.77. The van der Waals surface area contributed by atoms with E-state index < -0.39 is 11.1 Å².